The van der Waals surface area contributed by atoms with Crippen LogP contribution in [0.25, 0.3) is 0 Å². The number of pyridine rings is 1. The zero-order valence-corrected chi connectivity index (χ0v) is 13.2. The highest BCUT2D eigenvalue weighted by molar-refractivity contribution is 7.89. The maximum absolute atomic E-state index is 12.5. The fourth-order valence-corrected chi connectivity index (χ4v) is 3.56. The third-order valence-electron chi connectivity index (χ3n) is 2.86. The van der Waals surface area contributed by atoms with Crippen molar-refractivity contribution < 1.29 is 8.42 Å². The van der Waals surface area contributed by atoms with Gasteiger partial charge in [0, 0.05) is 18.8 Å². The molecule has 1 aromatic rings. The average Bonchev–Trinajstić information content (AvgIpc) is 2.34. The van der Waals surface area contributed by atoms with Crippen LogP contribution in [0.1, 0.15) is 40.0 Å². The van der Waals surface area contributed by atoms with Crippen molar-refractivity contribution in [1.82, 2.24) is 9.29 Å². The Labute approximate surface area is 120 Å². The number of nitrogens with zero attached hydrogens (tertiary/aromatic N) is 2. The summed E-state index contributed by atoms with van der Waals surface area (Å²) in [7, 11) is -3.49. The van der Waals surface area contributed by atoms with Crippen molar-refractivity contribution in [3.63, 3.8) is 0 Å². The van der Waals surface area contributed by atoms with Gasteiger partial charge in [0.05, 0.1) is 0 Å². The number of rotatable bonds is 7. The molecule has 0 saturated heterocycles. The lowest BCUT2D eigenvalue weighted by atomic mass is 10.2. The van der Waals surface area contributed by atoms with E-state index in [9.17, 15) is 8.42 Å². The predicted molar refractivity (Wildman–Crippen MR) is 77.8 cm³/mol. The third kappa shape index (κ3) is 4.44. The number of hydrogen-bond acceptors (Lipinski definition) is 3. The van der Waals surface area contributed by atoms with Gasteiger partial charge in [-0.3, -0.25) is 0 Å². The summed E-state index contributed by atoms with van der Waals surface area (Å²) < 4.78 is 26.6. The molecule has 19 heavy (non-hydrogen) atoms. The van der Waals surface area contributed by atoms with Crippen LogP contribution >= 0.6 is 11.6 Å². The number of hydrogen-bond donors (Lipinski definition) is 0. The van der Waals surface area contributed by atoms with Gasteiger partial charge in [-0.15, -0.1) is 0 Å². The molecule has 0 radical (unpaired) electrons. The Hall–Kier alpha value is -0.650. The average molecular weight is 305 g/mol. The molecule has 0 aliphatic heterocycles. The van der Waals surface area contributed by atoms with Crippen LogP contribution in [0, 0.1) is 0 Å². The molecule has 1 aromatic heterocycles. The van der Waals surface area contributed by atoms with E-state index in [2.05, 4.69) is 11.9 Å². The summed E-state index contributed by atoms with van der Waals surface area (Å²) in [5, 5.41) is 0.293. The summed E-state index contributed by atoms with van der Waals surface area (Å²) in [6, 6.07) is 2.93. The molecular weight excluding hydrogens is 284 g/mol. The van der Waals surface area contributed by atoms with Gasteiger partial charge in [-0.2, -0.15) is 4.31 Å². The second-order valence-electron chi connectivity index (χ2n) is 4.73. The van der Waals surface area contributed by atoms with E-state index >= 15 is 0 Å². The minimum absolute atomic E-state index is 0.0717. The van der Waals surface area contributed by atoms with Gasteiger partial charge in [-0.1, -0.05) is 31.4 Å². The third-order valence-corrected chi connectivity index (χ3v) is 5.15. The van der Waals surface area contributed by atoms with Crippen molar-refractivity contribution in [2.24, 2.45) is 0 Å². The molecule has 108 valence electrons. The fourth-order valence-electron chi connectivity index (χ4n) is 1.82. The highest BCUT2D eigenvalue weighted by Crippen LogP contribution is 2.19. The topological polar surface area (TPSA) is 50.3 Å². The summed E-state index contributed by atoms with van der Waals surface area (Å²) in [6.45, 7) is 6.40. The Bertz CT molecular complexity index is 486. The van der Waals surface area contributed by atoms with E-state index in [-0.39, 0.29) is 10.9 Å². The van der Waals surface area contributed by atoms with E-state index in [0.29, 0.717) is 11.7 Å². The number of aromatic nitrogens is 1. The van der Waals surface area contributed by atoms with Crippen molar-refractivity contribution in [2.45, 2.75) is 51.0 Å². The Balaban J connectivity index is 2.96. The maximum atomic E-state index is 12.5. The number of halogens is 1. The maximum Gasteiger partial charge on any atom is 0.244 e. The Kier molecular flexibility index (Phi) is 6.23. The molecular formula is C13H21ClN2O2S. The van der Waals surface area contributed by atoms with Gasteiger partial charge < -0.3 is 0 Å². The largest absolute Gasteiger partial charge is 0.244 e. The van der Waals surface area contributed by atoms with Crippen LogP contribution in [0.15, 0.2) is 23.2 Å². The molecule has 0 N–H and O–H groups in total. The second-order valence-corrected chi connectivity index (χ2v) is 7.01. The van der Waals surface area contributed by atoms with Crippen LogP contribution < -0.4 is 0 Å². The molecule has 0 atom stereocenters. The summed E-state index contributed by atoms with van der Waals surface area (Å²) in [5.74, 6) is 0. The molecule has 0 fully saturated rings. The molecule has 0 spiro atoms. The van der Waals surface area contributed by atoms with Crippen LogP contribution in [0.2, 0.25) is 5.15 Å². The molecule has 0 aliphatic carbocycles. The number of unbranched alkanes of at least 4 members (excludes halogenated alkanes) is 2. The van der Waals surface area contributed by atoms with Gasteiger partial charge in [0.2, 0.25) is 10.0 Å². The van der Waals surface area contributed by atoms with Crippen molar-refractivity contribution in [2.75, 3.05) is 6.54 Å². The SMILES string of the molecule is CCCCCN(C(C)C)S(=O)(=O)c1ccc(Cl)nc1. The van der Waals surface area contributed by atoms with Gasteiger partial charge in [-0.05, 0) is 32.4 Å². The quantitative estimate of drug-likeness (QED) is 0.573. The molecule has 0 aliphatic rings. The first-order valence-corrected chi connectivity index (χ1v) is 8.34. The summed E-state index contributed by atoms with van der Waals surface area (Å²) in [5.41, 5.74) is 0. The van der Waals surface area contributed by atoms with Crippen molar-refractivity contribution >= 4 is 21.6 Å². The summed E-state index contributed by atoms with van der Waals surface area (Å²) in [6.07, 6.45) is 4.27. The normalized spacial score (nSPS) is 12.3. The Morgan fingerprint density at radius 3 is 2.47 bits per heavy atom. The van der Waals surface area contributed by atoms with Crippen LogP contribution in [-0.2, 0) is 10.0 Å². The van der Waals surface area contributed by atoms with E-state index in [1.165, 1.54) is 22.6 Å². The second kappa shape index (κ2) is 7.22. The highest BCUT2D eigenvalue weighted by atomic mass is 35.5. The first-order chi connectivity index (χ1) is 8.89. The van der Waals surface area contributed by atoms with Crippen molar-refractivity contribution in [3.8, 4) is 0 Å². The lowest BCUT2D eigenvalue weighted by Crippen LogP contribution is -2.37. The molecule has 0 unspecified atom stereocenters. The van der Waals surface area contributed by atoms with Crippen LogP contribution in [0.3, 0.4) is 0 Å². The summed E-state index contributed by atoms with van der Waals surface area (Å²) in [4.78, 5) is 4.04. The first-order valence-electron chi connectivity index (χ1n) is 6.53. The molecule has 0 bridgehead atoms. The molecule has 4 nitrogen and oxygen atoms in total. The van der Waals surface area contributed by atoms with E-state index in [0.717, 1.165) is 19.3 Å². The first kappa shape index (κ1) is 16.4. The van der Waals surface area contributed by atoms with Gasteiger partial charge in [-0.25, -0.2) is 13.4 Å². The minimum atomic E-state index is -3.49. The van der Waals surface area contributed by atoms with Crippen LogP contribution in [0.5, 0.6) is 0 Å². The van der Waals surface area contributed by atoms with Crippen molar-refractivity contribution in [1.29, 1.82) is 0 Å². The lowest BCUT2D eigenvalue weighted by molar-refractivity contribution is 0.345. The van der Waals surface area contributed by atoms with E-state index in [4.69, 9.17) is 11.6 Å². The van der Waals surface area contributed by atoms with Crippen LogP contribution in [-0.4, -0.2) is 30.3 Å². The predicted octanol–water partition coefficient (Wildman–Crippen LogP) is 3.32. The lowest BCUT2D eigenvalue weighted by Gasteiger charge is -2.25. The number of sulfonamides is 1. The molecule has 6 heteroatoms. The van der Waals surface area contributed by atoms with E-state index < -0.39 is 10.0 Å². The smallest absolute Gasteiger partial charge is 0.243 e. The zero-order valence-electron chi connectivity index (χ0n) is 11.6. The van der Waals surface area contributed by atoms with Crippen LogP contribution in [0.4, 0.5) is 0 Å². The van der Waals surface area contributed by atoms with Crippen molar-refractivity contribution in [3.05, 3.63) is 23.5 Å². The van der Waals surface area contributed by atoms with Gasteiger partial charge in [0.25, 0.3) is 0 Å². The van der Waals surface area contributed by atoms with E-state index in [1.807, 2.05) is 13.8 Å². The van der Waals surface area contributed by atoms with Gasteiger partial charge in [0.15, 0.2) is 0 Å². The molecule has 0 amide bonds. The van der Waals surface area contributed by atoms with E-state index in [1.54, 1.807) is 0 Å². The zero-order chi connectivity index (χ0) is 14.5. The summed E-state index contributed by atoms with van der Waals surface area (Å²) >= 11 is 5.69. The molecule has 0 aromatic carbocycles. The Morgan fingerprint density at radius 1 is 1.32 bits per heavy atom. The highest BCUT2D eigenvalue weighted by Gasteiger charge is 2.26. The Morgan fingerprint density at radius 2 is 2.00 bits per heavy atom. The standard InChI is InChI=1S/C13H21ClN2O2S/c1-4-5-6-9-16(11(2)3)19(17,18)12-7-8-13(14)15-10-12/h7-8,10-11H,4-6,9H2,1-3H3. The fraction of sp³-hybridized carbons (Fsp3) is 0.615. The molecule has 1 rings (SSSR count). The minimum Gasteiger partial charge on any atom is -0.243 e. The molecule has 0 saturated carbocycles. The van der Waals surface area contributed by atoms with Gasteiger partial charge in [0.1, 0.15) is 10.0 Å². The van der Waals surface area contributed by atoms with Gasteiger partial charge >= 0.3 is 0 Å². The monoisotopic (exact) mass is 304 g/mol. The molecule has 1 heterocycles.